The van der Waals surface area contributed by atoms with Gasteiger partial charge >= 0.3 is 13.8 Å². The van der Waals surface area contributed by atoms with Crippen molar-refractivity contribution >= 4 is 13.8 Å². The van der Waals surface area contributed by atoms with E-state index < -0.39 is 63.1 Å². The van der Waals surface area contributed by atoms with Crippen LogP contribution in [0.3, 0.4) is 0 Å². The van der Waals surface area contributed by atoms with Gasteiger partial charge in [0.15, 0.2) is 0 Å². The Kier molecular flexibility index (Phi) is 38.0. The van der Waals surface area contributed by atoms with E-state index in [0.29, 0.717) is 19.4 Å². The highest BCUT2D eigenvalue weighted by Gasteiger charge is 2.51. The lowest BCUT2D eigenvalue weighted by Crippen LogP contribution is -2.64. The summed E-state index contributed by atoms with van der Waals surface area (Å²) in [5.74, 6) is -0.544. The molecule has 0 aliphatic heterocycles. The number of aliphatic hydroxyl groups is 5. The van der Waals surface area contributed by atoms with Crippen LogP contribution in [0.4, 0.5) is 0 Å². The Hall–Kier alpha value is -3.00. The summed E-state index contributed by atoms with van der Waals surface area (Å²) in [5, 5.41) is 50.2. The minimum Gasteiger partial charge on any atom is -0.457 e. The smallest absolute Gasteiger partial charge is 0.457 e. The van der Waals surface area contributed by atoms with Crippen LogP contribution >= 0.6 is 7.82 Å². The number of hydrogen-bond acceptors (Lipinski definition) is 11. The number of ether oxygens (including phenoxy) is 2. The van der Waals surface area contributed by atoms with Gasteiger partial charge < -0.3 is 39.9 Å². The van der Waals surface area contributed by atoms with Gasteiger partial charge in [0, 0.05) is 13.0 Å². The number of allylic oxidation sites excluding steroid dienone is 18. The molecule has 370 valence electrons. The maximum absolute atomic E-state index is 12.8. The molecule has 0 aromatic carbocycles. The molecule has 0 spiro atoms. The van der Waals surface area contributed by atoms with E-state index in [-0.39, 0.29) is 13.0 Å². The Balaban J connectivity index is 2.44. The lowest BCUT2D eigenvalue weighted by molar-refractivity contribution is -0.220. The molecule has 6 unspecified atom stereocenters. The molecule has 0 heterocycles. The van der Waals surface area contributed by atoms with Crippen molar-refractivity contribution < 1.29 is 58.3 Å². The molecule has 6 N–H and O–H groups in total. The second kappa shape index (κ2) is 41.2. The van der Waals surface area contributed by atoms with Crippen LogP contribution in [0.5, 0.6) is 0 Å². The predicted octanol–water partition coefficient (Wildman–Crippen LogP) is 10.5. The van der Waals surface area contributed by atoms with Gasteiger partial charge in [-0.15, -0.1) is 0 Å². The van der Waals surface area contributed by atoms with Crippen molar-refractivity contribution in [3.63, 3.8) is 0 Å². The number of carbonyl (C=O) groups is 1. The zero-order chi connectivity index (χ0) is 47.6. The average molecular weight is 933 g/mol. The Morgan fingerprint density at radius 1 is 0.508 bits per heavy atom. The summed E-state index contributed by atoms with van der Waals surface area (Å²) in [5.41, 5.74) is 0. The Morgan fingerprint density at radius 2 is 0.908 bits per heavy atom. The van der Waals surface area contributed by atoms with Crippen LogP contribution in [0, 0.1) is 0 Å². The highest BCUT2D eigenvalue weighted by Crippen LogP contribution is 2.47. The molecule has 1 saturated carbocycles. The van der Waals surface area contributed by atoms with Crippen LogP contribution in [0.1, 0.15) is 149 Å². The van der Waals surface area contributed by atoms with Crippen molar-refractivity contribution in [1.29, 1.82) is 0 Å². The van der Waals surface area contributed by atoms with Crippen molar-refractivity contribution in [2.45, 2.75) is 191 Å². The molecule has 0 aromatic heterocycles. The molecule has 1 rings (SSSR count). The van der Waals surface area contributed by atoms with Crippen molar-refractivity contribution in [3.8, 4) is 0 Å². The number of rotatable bonds is 39. The van der Waals surface area contributed by atoms with Crippen LogP contribution in [-0.2, 0) is 27.9 Å². The number of hydrogen-bond donors (Lipinski definition) is 6. The first-order chi connectivity index (χ1) is 31.5. The molecule has 65 heavy (non-hydrogen) atoms. The second-order valence-electron chi connectivity index (χ2n) is 16.2. The van der Waals surface area contributed by atoms with E-state index in [9.17, 15) is 39.8 Å². The first kappa shape index (κ1) is 60.0. The summed E-state index contributed by atoms with van der Waals surface area (Å²) >= 11 is 0. The van der Waals surface area contributed by atoms with Crippen molar-refractivity contribution in [2.24, 2.45) is 0 Å². The lowest BCUT2D eigenvalue weighted by Gasteiger charge is -2.41. The normalized spacial score (nSPS) is 22.5. The topological polar surface area (TPSA) is 192 Å². The number of aliphatic hydroxyl groups excluding tert-OH is 5. The van der Waals surface area contributed by atoms with Gasteiger partial charge in [-0.25, -0.2) is 4.57 Å². The van der Waals surface area contributed by atoms with Crippen LogP contribution in [-0.4, -0.2) is 98.9 Å². The number of phosphoric acid groups is 1. The van der Waals surface area contributed by atoms with E-state index >= 15 is 0 Å². The van der Waals surface area contributed by atoms with E-state index in [2.05, 4.69) is 111 Å². The highest BCUT2D eigenvalue weighted by atomic mass is 31.2. The third kappa shape index (κ3) is 33.2. The van der Waals surface area contributed by atoms with Crippen LogP contribution in [0.25, 0.3) is 0 Å². The average Bonchev–Trinajstić information content (AvgIpc) is 3.29. The maximum Gasteiger partial charge on any atom is 0.472 e. The first-order valence-electron chi connectivity index (χ1n) is 24.2. The second-order valence-corrected chi connectivity index (χ2v) is 17.6. The monoisotopic (exact) mass is 933 g/mol. The van der Waals surface area contributed by atoms with Crippen LogP contribution < -0.4 is 0 Å². The molecule has 0 radical (unpaired) electrons. The van der Waals surface area contributed by atoms with Crippen LogP contribution in [0.15, 0.2) is 109 Å². The number of phosphoric ester groups is 1. The fraction of sp³-hybridized carbons (Fsp3) is 0.635. The molecule has 0 saturated heterocycles. The predicted molar refractivity (Wildman–Crippen MR) is 262 cm³/mol. The zero-order valence-corrected chi connectivity index (χ0v) is 40.4. The van der Waals surface area contributed by atoms with E-state index in [1.54, 1.807) is 0 Å². The van der Waals surface area contributed by atoms with Crippen molar-refractivity contribution in [2.75, 3.05) is 19.8 Å². The summed E-state index contributed by atoms with van der Waals surface area (Å²) in [6, 6.07) is 0. The third-order valence-corrected chi connectivity index (χ3v) is 11.4. The Labute approximate surface area is 391 Å². The fourth-order valence-corrected chi connectivity index (χ4v) is 7.51. The van der Waals surface area contributed by atoms with Gasteiger partial charge in [-0.3, -0.25) is 13.8 Å². The molecule has 13 heteroatoms. The van der Waals surface area contributed by atoms with Gasteiger partial charge in [-0.05, 0) is 89.9 Å². The molecule has 1 aliphatic rings. The first-order valence-corrected chi connectivity index (χ1v) is 25.7. The van der Waals surface area contributed by atoms with E-state index in [1.165, 1.54) is 12.8 Å². The van der Waals surface area contributed by atoms with Crippen molar-refractivity contribution in [3.05, 3.63) is 109 Å². The highest BCUT2D eigenvalue weighted by molar-refractivity contribution is 7.47. The summed E-state index contributed by atoms with van der Waals surface area (Å²) < 4.78 is 34.1. The van der Waals surface area contributed by atoms with Gasteiger partial charge in [0.05, 0.1) is 13.2 Å². The van der Waals surface area contributed by atoms with E-state index in [0.717, 1.165) is 103 Å². The number of esters is 1. The number of carbonyl (C=O) groups excluding carboxylic acids is 1. The molecule has 6 atom stereocenters. The van der Waals surface area contributed by atoms with Gasteiger partial charge in [0.1, 0.15) is 42.7 Å². The quantitative estimate of drug-likeness (QED) is 0.0148. The molecular weight excluding hydrogens is 848 g/mol. The summed E-state index contributed by atoms with van der Waals surface area (Å²) in [6.07, 6.45) is 45.9. The molecular formula is C52H85O12P. The van der Waals surface area contributed by atoms with Gasteiger partial charge in [0.2, 0.25) is 0 Å². The minimum absolute atomic E-state index is 0.0957. The Morgan fingerprint density at radius 3 is 1.38 bits per heavy atom. The van der Waals surface area contributed by atoms with Gasteiger partial charge in [-0.1, -0.05) is 162 Å². The molecule has 1 aliphatic carbocycles. The largest absolute Gasteiger partial charge is 0.472 e. The summed E-state index contributed by atoms with van der Waals surface area (Å²) in [4.78, 5) is 23.2. The maximum atomic E-state index is 12.8. The zero-order valence-electron chi connectivity index (χ0n) is 39.5. The third-order valence-electron chi connectivity index (χ3n) is 10.4. The summed E-state index contributed by atoms with van der Waals surface area (Å²) in [7, 11) is -5.05. The molecule has 12 nitrogen and oxygen atoms in total. The fourth-order valence-electron chi connectivity index (χ4n) is 6.54. The van der Waals surface area contributed by atoms with Gasteiger partial charge in [-0.2, -0.15) is 0 Å². The van der Waals surface area contributed by atoms with E-state index in [1.807, 2.05) is 12.2 Å². The SMILES string of the molecule is CC/C=C\C/C=C\C/C=C\C/C=C\C/C=C\C/C=C\C/C=C\CCCC(=O)OC(COCCCCCCCC/C=C\C/C=C\CCCC)COP(=O)(O)OC1C(O)C(O)C(O)C(O)C1O. The standard InChI is InChI=1S/C52H85O12P/c1-3-5-7-9-11-13-15-17-19-20-21-22-23-24-25-26-27-29-31-33-35-37-39-41-46(53)63-45(44-62-65(59,60)64-52-50(57)48(55)47(54)49(56)51(52)58)43-61-42-40-38-36-34-32-30-28-18-16-14-12-10-8-6-4-2/h5,7,10-13,16-19,21-22,24-25,27,29,33,35,45,47-52,54-58H,3-4,6,8-9,14-15,20,23,26,28,30-32,34,36-44H2,1-2H3,(H,59,60)/b7-5-,12-10-,13-11-,18-16-,19-17-,22-21-,25-24-,29-27-,35-33-. The number of unbranched alkanes of at least 4 members (excludes halogenated alkanes) is 9. The molecule has 0 bridgehead atoms. The summed E-state index contributed by atoms with van der Waals surface area (Å²) in [6.45, 7) is 4.00. The lowest BCUT2D eigenvalue weighted by atomic mass is 9.85. The van der Waals surface area contributed by atoms with Gasteiger partial charge in [0.25, 0.3) is 0 Å². The Bertz CT molecular complexity index is 1480. The van der Waals surface area contributed by atoms with Crippen LogP contribution in [0.2, 0.25) is 0 Å². The van der Waals surface area contributed by atoms with Crippen molar-refractivity contribution in [1.82, 2.24) is 0 Å². The molecule has 0 amide bonds. The minimum atomic E-state index is -5.05. The molecule has 0 aromatic rings. The molecule has 1 fully saturated rings. The van der Waals surface area contributed by atoms with E-state index in [4.69, 9.17) is 18.5 Å².